The molecule has 0 aromatic carbocycles. The fraction of sp³-hybridized carbons (Fsp3) is 0.667. The Kier molecular flexibility index (Phi) is 9.06. The van der Waals surface area contributed by atoms with E-state index in [1.54, 1.807) is 0 Å². The fourth-order valence-electron chi connectivity index (χ4n) is 0.0781. The SMILES string of the molecule is N[C@@H](CO)C(=O)O.[O]O. The molecule has 0 aromatic heterocycles. The highest BCUT2D eigenvalue weighted by molar-refractivity contribution is 5.73. The molecule has 5 N–H and O–H groups in total. The number of aliphatic hydroxyl groups excluding tert-OH is 1. The van der Waals surface area contributed by atoms with Gasteiger partial charge in [-0.25, -0.2) is 5.26 Å². The topological polar surface area (TPSA) is 124 Å². The molecule has 0 fully saturated rings. The van der Waals surface area contributed by atoms with E-state index in [-0.39, 0.29) is 0 Å². The van der Waals surface area contributed by atoms with Crippen molar-refractivity contribution in [3.63, 3.8) is 0 Å². The maximum atomic E-state index is 9.65. The molecule has 0 spiro atoms. The minimum absolute atomic E-state index is 0.505. The van der Waals surface area contributed by atoms with Crippen molar-refractivity contribution in [1.29, 1.82) is 0 Å². The average molecular weight is 138 g/mol. The summed E-state index contributed by atoms with van der Waals surface area (Å²) in [6.07, 6.45) is 0. The molecule has 9 heavy (non-hydrogen) atoms. The summed E-state index contributed by atoms with van der Waals surface area (Å²) in [6.45, 7) is -0.505. The van der Waals surface area contributed by atoms with Crippen molar-refractivity contribution in [3.8, 4) is 0 Å². The van der Waals surface area contributed by atoms with Crippen LogP contribution in [-0.2, 0) is 10.1 Å². The van der Waals surface area contributed by atoms with E-state index in [1.807, 2.05) is 0 Å². The zero-order chi connectivity index (χ0) is 7.86. The molecule has 0 saturated carbocycles. The average Bonchev–Trinajstić information content (AvgIpc) is 1.91. The number of carboxylic acid groups (broad SMARTS) is 1. The van der Waals surface area contributed by atoms with Crippen LogP contribution < -0.4 is 5.73 Å². The van der Waals surface area contributed by atoms with Crippen molar-refractivity contribution in [2.75, 3.05) is 6.61 Å². The van der Waals surface area contributed by atoms with Gasteiger partial charge in [0.2, 0.25) is 0 Å². The number of carbonyl (C=O) groups is 1. The summed E-state index contributed by atoms with van der Waals surface area (Å²) < 4.78 is 0. The monoisotopic (exact) mass is 138 g/mol. The third-order valence-electron chi connectivity index (χ3n) is 0.514. The number of hydrogen-bond acceptors (Lipinski definition) is 4. The minimum Gasteiger partial charge on any atom is -0.480 e. The smallest absolute Gasteiger partial charge is 0.322 e. The van der Waals surface area contributed by atoms with E-state index in [0.717, 1.165) is 0 Å². The van der Waals surface area contributed by atoms with Crippen molar-refractivity contribution in [3.05, 3.63) is 0 Å². The molecule has 0 aliphatic carbocycles. The zero-order valence-electron chi connectivity index (χ0n) is 4.52. The highest BCUT2D eigenvalue weighted by Gasteiger charge is 2.06. The Labute approximate surface area is 51.1 Å². The van der Waals surface area contributed by atoms with E-state index in [9.17, 15) is 4.79 Å². The normalized spacial score (nSPS) is 11.1. The maximum absolute atomic E-state index is 9.65. The molecule has 0 amide bonds. The number of aliphatic hydroxyl groups is 1. The lowest BCUT2D eigenvalue weighted by atomic mass is 10.3. The summed E-state index contributed by atoms with van der Waals surface area (Å²) >= 11 is 0. The third kappa shape index (κ3) is 7.31. The lowest BCUT2D eigenvalue weighted by Gasteiger charge is -1.96. The van der Waals surface area contributed by atoms with Crippen LogP contribution in [0, 0.1) is 0 Å². The first kappa shape index (κ1) is 11.2. The van der Waals surface area contributed by atoms with Gasteiger partial charge in [-0.2, -0.15) is 0 Å². The highest BCUT2D eigenvalue weighted by Crippen LogP contribution is 1.71. The van der Waals surface area contributed by atoms with E-state index in [4.69, 9.17) is 26.5 Å². The summed E-state index contributed by atoms with van der Waals surface area (Å²) in [5, 5.41) is 28.9. The van der Waals surface area contributed by atoms with E-state index < -0.39 is 18.6 Å². The molecule has 0 unspecified atom stereocenters. The molecule has 1 atom stereocenters. The molecular formula is C3H8NO5. The Morgan fingerprint density at radius 2 is 1.89 bits per heavy atom. The minimum atomic E-state index is -1.18. The first-order chi connectivity index (χ1) is 4.18. The largest absolute Gasteiger partial charge is 0.480 e. The van der Waals surface area contributed by atoms with Gasteiger partial charge < -0.3 is 15.9 Å². The third-order valence-corrected chi connectivity index (χ3v) is 0.514. The number of nitrogens with two attached hydrogens (primary N) is 1. The predicted octanol–water partition coefficient (Wildman–Crippen LogP) is -1.72. The molecule has 0 heterocycles. The van der Waals surface area contributed by atoms with Crippen LogP contribution in [0.2, 0.25) is 0 Å². The van der Waals surface area contributed by atoms with Gasteiger partial charge in [0.25, 0.3) is 0 Å². The predicted molar refractivity (Wildman–Crippen MR) is 26.0 cm³/mol. The van der Waals surface area contributed by atoms with Crippen molar-refractivity contribution in [2.45, 2.75) is 6.04 Å². The van der Waals surface area contributed by atoms with Crippen LogP contribution in [0.5, 0.6) is 0 Å². The van der Waals surface area contributed by atoms with Crippen LogP contribution in [0.3, 0.4) is 0 Å². The summed E-state index contributed by atoms with van der Waals surface area (Å²) in [7, 11) is 0. The molecule has 0 aliphatic rings. The number of rotatable bonds is 2. The number of aliphatic carboxylic acids is 1. The van der Waals surface area contributed by atoms with Crippen LogP contribution in [0.1, 0.15) is 0 Å². The van der Waals surface area contributed by atoms with Gasteiger partial charge in [-0.1, -0.05) is 0 Å². The van der Waals surface area contributed by atoms with Gasteiger partial charge in [0, 0.05) is 0 Å². The lowest BCUT2D eigenvalue weighted by molar-refractivity contribution is -0.247. The van der Waals surface area contributed by atoms with Crippen molar-refractivity contribution >= 4 is 5.97 Å². The maximum Gasteiger partial charge on any atom is 0.322 e. The van der Waals surface area contributed by atoms with Gasteiger partial charge in [0.1, 0.15) is 6.04 Å². The van der Waals surface area contributed by atoms with Gasteiger partial charge in [-0.05, 0) is 5.26 Å². The van der Waals surface area contributed by atoms with Gasteiger partial charge >= 0.3 is 5.97 Å². The Bertz CT molecular complexity index is 74.6. The van der Waals surface area contributed by atoms with Gasteiger partial charge in [0.05, 0.1) is 6.61 Å². The summed E-state index contributed by atoms with van der Waals surface area (Å²) in [4.78, 5) is 9.65. The molecular weight excluding hydrogens is 130 g/mol. The highest BCUT2D eigenvalue weighted by atomic mass is 17.0. The molecule has 0 rings (SSSR count). The fourth-order valence-corrected chi connectivity index (χ4v) is 0.0781. The second-order valence-corrected chi connectivity index (χ2v) is 1.13. The molecule has 55 valence electrons. The molecule has 0 bridgehead atoms. The Morgan fingerprint density at radius 3 is 1.89 bits per heavy atom. The Morgan fingerprint density at radius 1 is 1.56 bits per heavy atom. The van der Waals surface area contributed by atoms with Crippen molar-refractivity contribution in [1.82, 2.24) is 0 Å². The quantitative estimate of drug-likeness (QED) is 0.267. The Balaban J connectivity index is 0. The van der Waals surface area contributed by atoms with Gasteiger partial charge in [-0.3, -0.25) is 4.79 Å². The summed E-state index contributed by atoms with van der Waals surface area (Å²) in [5.41, 5.74) is 4.77. The van der Waals surface area contributed by atoms with Gasteiger partial charge in [0.15, 0.2) is 0 Å². The van der Waals surface area contributed by atoms with Gasteiger partial charge in [-0.15, -0.1) is 0 Å². The standard InChI is InChI=1S/C3H7NO3.HO2/c4-2(1-5)3(6)7;1-2/h2,5H,1,4H2,(H,6,7);1H/t2-;/m0./s1. The van der Waals surface area contributed by atoms with E-state index in [0.29, 0.717) is 0 Å². The molecule has 0 aliphatic heterocycles. The molecule has 6 heteroatoms. The van der Waals surface area contributed by atoms with Crippen molar-refractivity contribution in [2.24, 2.45) is 5.73 Å². The molecule has 6 nitrogen and oxygen atoms in total. The van der Waals surface area contributed by atoms with Crippen LogP contribution >= 0.6 is 0 Å². The second kappa shape index (κ2) is 7.31. The molecule has 0 aromatic rings. The molecule has 0 saturated heterocycles. The first-order valence-corrected chi connectivity index (χ1v) is 1.96. The van der Waals surface area contributed by atoms with E-state index in [2.05, 4.69) is 0 Å². The zero-order valence-corrected chi connectivity index (χ0v) is 4.52. The Hall–Kier alpha value is -0.690. The number of hydrogen-bond donors (Lipinski definition) is 4. The van der Waals surface area contributed by atoms with Crippen LogP contribution in [0.25, 0.3) is 0 Å². The van der Waals surface area contributed by atoms with Crippen LogP contribution in [0.15, 0.2) is 0 Å². The molecule has 1 radical (unpaired) electrons. The first-order valence-electron chi connectivity index (χ1n) is 1.96. The second-order valence-electron chi connectivity index (χ2n) is 1.13. The summed E-state index contributed by atoms with van der Waals surface area (Å²) in [5.74, 6) is -1.18. The van der Waals surface area contributed by atoms with E-state index >= 15 is 0 Å². The van der Waals surface area contributed by atoms with Crippen LogP contribution in [-0.4, -0.2) is 34.1 Å². The number of carboxylic acids is 1. The summed E-state index contributed by atoms with van der Waals surface area (Å²) in [6, 6.07) is -1.13. The van der Waals surface area contributed by atoms with E-state index in [1.165, 1.54) is 0 Å². The van der Waals surface area contributed by atoms with Crippen LogP contribution in [0.4, 0.5) is 0 Å². The lowest BCUT2D eigenvalue weighted by Crippen LogP contribution is -2.33. The van der Waals surface area contributed by atoms with Crippen molar-refractivity contribution < 1.29 is 25.5 Å².